The Morgan fingerprint density at radius 3 is 2.58 bits per heavy atom. The number of nitrogens with zero attached hydrogens (tertiary/aromatic N) is 1. The maximum absolute atomic E-state index is 13.0. The van der Waals surface area contributed by atoms with E-state index in [0.29, 0.717) is 36.7 Å². The predicted molar refractivity (Wildman–Crippen MR) is 101 cm³/mol. The van der Waals surface area contributed by atoms with Gasteiger partial charge in [-0.25, -0.2) is 8.42 Å². The first-order valence-corrected chi connectivity index (χ1v) is 10.4. The molecular weight excluding hydrogens is 354 g/mol. The molecule has 1 aliphatic rings. The van der Waals surface area contributed by atoms with Gasteiger partial charge in [0.15, 0.2) is 0 Å². The smallest absolute Gasteiger partial charge is 0.243 e. The minimum absolute atomic E-state index is 0.0908. The van der Waals surface area contributed by atoms with Gasteiger partial charge in [0.25, 0.3) is 0 Å². The predicted octanol–water partition coefficient (Wildman–Crippen LogP) is 1.34. The van der Waals surface area contributed by atoms with E-state index in [9.17, 15) is 13.2 Å². The molecule has 1 aromatic rings. The van der Waals surface area contributed by atoms with Gasteiger partial charge in [-0.2, -0.15) is 4.31 Å². The van der Waals surface area contributed by atoms with Crippen molar-refractivity contribution in [2.24, 2.45) is 5.92 Å². The van der Waals surface area contributed by atoms with E-state index in [2.05, 4.69) is 10.6 Å². The van der Waals surface area contributed by atoms with E-state index >= 15 is 0 Å². The third-order valence-corrected chi connectivity index (χ3v) is 6.65. The summed E-state index contributed by atoms with van der Waals surface area (Å²) >= 11 is 0. The number of hydrogen-bond donors (Lipinski definition) is 2. The number of sulfonamides is 1. The molecule has 0 saturated carbocycles. The molecule has 1 heterocycles. The molecule has 0 unspecified atom stereocenters. The Hall–Kier alpha value is -1.64. The van der Waals surface area contributed by atoms with Crippen molar-refractivity contribution in [3.63, 3.8) is 0 Å². The number of methoxy groups -OCH3 is 1. The summed E-state index contributed by atoms with van der Waals surface area (Å²) in [6, 6.07) is 4.82. The molecular formula is C18H29N3O4S. The number of piperidine rings is 1. The third kappa shape index (κ3) is 4.96. The molecule has 1 saturated heterocycles. The van der Waals surface area contributed by atoms with E-state index in [4.69, 9.17) is 4.74 Å². The van der Waals surface area contributed by atoms with Gasteiger partial charge in [-0.3, -0.25) is 4.79 Å². The first-order chi connectivity index (χ1) is 12.4. The van der Waals surface area contributed by atoms with Crippen LogP contribution in [0.1, 0.15) is 31.7 Å². The second-order valence-electron chi connectivity index (χ2n) is 6.51. The van der Waals surface area contributed by atoms with Crippen LogP contribution in [-0.4, -0.2) is 52.4 Å². The number of benzene rings is 1. The maximum Gasteiger partial charge on any atom is 0.243 e. The first-order valence-electron chi connectivity index (χ1n) is 9.00. The van der Waals surface area contributed by atoms with Crippen molar-refractivity contribution in [3.05, 3.63) is 23.8 Å². The third-order valence-electron chi connectivity index (χ3n) is 4.75. The van der Waals surface area contributed by atoms with Gasteiger partial charge in [-0.05, 0) is 50.6 Å². The van der Waals surface area contributed by atoms with Crippen LogP contribution in [0.3, 0.4) is 0 Å². The Morgan fingerprint density at radius 2 is 2.00 bits per heavy atom. The molecule has 2 rings (SSSR count). The average Bonchev–Trinajstić information content (AvgIpc) is 2.66. The van der Waals surface area contributed by atoms with Crippen LogP contribution < -0.4 is 15.4 Å². The number of carbonyl (C=O) groups is 1. The number of nitrogens with one attached hydrogen (secondary N) is 2. The highest BCUT2D eigenvalue weighted by molar-refractivity contribution is 7.89. The van der Waals surface area contributed by atoms with Crippen molar-refractivity contribution in [3.8, 4) is 5.75 Å². The van der Waals surface area contributed by atoms with Crippen LogP contribution in [0.4, 0.5) is 0 Å². The molecule has 0 aliphatic carbocycles. The zero-order chi connectivity index (χ0) is 19.2. The van der Waals surface area contributed by atoms with E-state index in [1.54, 1.807) is 29.4 Å². The Kier molecular flexibility index (Phi) is 7.43. The maximum atomic E-state index is 13.0. The van der Waals surface area contributed by atoms with Gasteiger partial charge in [0, 0.05) is 31.6 Å². The number of amides is 1. The number of rotatable bonds is 8. The van der Waals surface area contributed by atoms with Crippen molar-refractivity contribution in [1.82, 2.24) is 14.9 Å². The molecule has 0 radical (unpaired) electrons. The molecule has 7 nitrogen and oxygen atoms in total. The molecule has 1 amide bonds. The van der Waals surface area contributed by atoms with Gasteiger partial charge in [-0.15, -0.1) is 0 Å². The van der Waals surface area contributed by atoms with Crippen LogP contribution in [0.2, 0.25) is 0 Å². The molecule has 26 heavy (non-hydrogen) atoms. The lowest BCUT2D eigenvalue weighted by molar-refractivity contribution is -0.120. The number of carbonyl (C=O) groups excluding carboxylic acids is 1. The van der Waals surface area contributed by atoms with Crippen LogP contribution in [0, 0.1) is 5.92 Å². The highest BCUT2D eigenvalue weighted by Gasteiger charge is 2.29. The fraction of sp³-hybridized carbons (Fsp3) is 0.611. The Labute approximate surface area is 156 Å². The Bertz CT molecular complexity index is 713. The summed E-state index contributed by atoms with van der Waals surface area (Å²) in [6.45, 7) is 3.98. The molecule has 0 spiro atoms. The van der Waals surface area contributed by atoms with Gasteiger partial charge < -0.3 is 15.4 Å². The standard InChI is InChI=1S/C18H29N3O4S/c1-4-18(22)20-13-15-11-16(5-6-17(15)25-3)26(23,24)21-9-7-14(8-10-21)12-19-2/h5-6,11,14,19H,4,7-10,12-13H2,1-3H3,(H,20,22). The lowest BCUT2D eigenvalue weighted by Gasteiger charge is -2.31. The quantitative estimate of drug-likeness (QED) is 0.707. The van der Waals surface area contributed by atoms with Crippen LogP contribution in [0.5, 0.6) is 5.75 Å². The van der Waals surface area contributed by atoms with Crippen molar-refractivity contribution < 1.29 is 17.9 Å². The lowest BCUT2D eigenvalue weighted by atomic mass is 9.98. The zero-order valence-electron chi connectivity index (χ0n) is 15.7. The normalized spacial score (nSPS) is 16.4. The summed E-state index contributed by atoms with van der Waals surface area (Å²) in [5.74, 6) is 0.988. The fourth-order valence-electron chi connectivity index (χ4n) is 3.16. The number of hydrogen-bond acceptors (Lipinski definition) is 5. The summed E-state index contributed by atoms with van der Waals surface area (Å²) in [7, 11) is -0.102. The van der Waals surface area contributed by atoms with Gasteiger partial charge in [0.2, 0.25) is 15.9 Å². The fourth-order valence-corrected chi connectivity index (χ4v) is 4.68. The van der Waals surface area contributed by atoms with Crippen LogP contribution in [-0.2, 0) is 21.4 Å². The van der Waals surface area contributed by atoms with E-state index in [1.807, 2.05) is 7.05 Å². The van der Waals surface area contributed by atoms with Crippen molar-refractivity contribution >= 4 is 15.9 Å². The van der Waals surface area contributed by atoms with Gasteiger partial charge >= 0.3 is 0 Å². The summed E-state index contributed by atoms with van der Waals surface area (Å²) in [5, 5.41) is 5.92. The highest BCUT2D eigenvalue weighted by Crippen LogP contribution is 2.27. The average molecular weight is 384 g/mol. The molecule has 0 aromatic heterocycles. The van der Waals surface area contributed by atoms with Crippen LogP contribution >= 0.6 is 0 Å². The summed E-state index contributed by atoms with van der Waals surface area (Å²) in [5.41, 5.74) is 0.653. The van der Waals surface area contributed by atoms with Gasteiger partial charge in [-0.1, -0.05) is 6.92 Å². The number of ether oxygens (including phenoxy) is 1. The molecule has 1 fully saturated rings. The Balaban J connectivity index is 2.17. The van der Waals surface area contributed by atoms with Crippen molar-refractivity contribution in [1.29, 1.82) is 0 Å². The van der Waals surface area contributed by atoms with E-state index in [0.717, 1.165) is 19.4 Å². The first kappa shape index (κ1) is 20.7. The molecule has 8 heteroatoms. The molecule has 0 bridgehead atoms. The largest absolute Gasteiger partial charge is 0.496 e. The molecule has 1 aliphatic heterocycles. The minimum Gasteiger partial charge on any atom is -0.496 e. The topological polar surface area (TPSA) is 87.7 Å². The van der Waals surface area contributed by atoms with Gasteiger partial charge in [0.1, 0.15) is 5.75 Å². The Morgan fingerprint density at radius 1 is 1.31 bits per heavy atom. The molecule has 1 aromatic carbocycles. The molecule has 0 atom stereocenters. The van der Waals surface area contributed by atoms with Crippen molar-refractivity contribution in [2.45, 2.75) is 37.6 Å². The monoisotopic (exact) mass is 383 g/mol. The summed E-state index contributed by atoms with van der Waals surface area (Å²) in [4.78, 5) is 11.8. The van der Waals surface area contributed by atoms with Crippen LogP contribution in [0.25, 0.3) is 0 Å². The molecule has 146 valence electrons. The van der Waals surface area contributed by atoms with E-state index in [-0.39, 0.29) is 17.3 Å². The highest BCUT2D eigenvalue weighted by atomic mass is 32.2. The van der Waals surface area contributed by atoms with Crippen molar-refractivity contribution in [2.75, 3.05) is 33.8 Å². The second-order valence-corrected chi connectivity index (χ2v) is 8.45. The second kappa shape index (κ2) is 9.34. The van der Waals surface area contributed by atoms with E-state index in [1.165, 1.54) is 7.11 Å². The summed E-state index contributed by atoms with van der Waals surface area (Å²) < 4.78 is 32.8. The minimum atomic E-state index is -3.55. The van der Waals surface area contributed by atoms with E-state index < -0.39 is 10.0 Å². The van der Waals surface area contributed by atoms with Crippen LogP contribution in [0.15, 0.2) is 23.1 Å². The molecule has 2 N–H and O–H groups in total. The summed E-state index contributed by atoms with van der Waals surface area (Å²) in [6.07, 6.45) is 2.09. The lowest BCUT2D eigenvalue weighted by Crippen LogP contribution is -2.40. The van der Waals surface area contributed by atoms with Gasteiger partial charge in [0.05, 0.1) is 12.0 Å². The zero-order valence-corrected chi connectivity index (χ0v) is 16.6. The SMILES string of the molecule is CCC(=O)NCc1cc(S(=O)(=O)N2CCC(CNC)CC2)ccc1OC.